The lowest BCUT2D eigenvalue weighted by atomic mass is 9.97. The highest BCUT2D eigenvalue weighted by molar-refractivity contribution is 7.99. The van der Waals surface area contributed by atoms with E-state index in [0.29, 0.717) is 19.0 Å². The number of aryl methyl sites for hydroxylation is 1. The summed E-state index contributed by atoms with van der Waals surface area (Å²) in [6.45, 7) is 11.1. The number of nitrogens with zero attached hydrogens (tertiary/aromatic N) is 5. The van der Waals surface area contributed by atoms with Gasteiger partial charge in [0.05, 0.1) is 19.0 Å². The van der Waals surface area contributed by atoms with Gasteiger partial charge in [-0.15, -0.1) is 10.2 Å². The number of rotatable bonds is 9. The lowest BCUT2D eigenvalue weighted by molar-refractivity contribution is 0.102. The fraction of sp³-hybridized carbons (Fsp3) is 0.625. The standard InChI is InChI=1S/C24H35N5O2S/c1-4-28-23(27-12-14-31-15-13-27)25-26-24(28)32-17-22(30)21-16-18(2)29(19(21)3)11-10-20-8-6-5-7-9-20/h8,16H,4-7,9-15,17H2,1-3H3. The van der Waals surface area contributed by atoms with Crippen molar-refractivity contribution in [3.63, 3.8) is 0 Å². The molecule has 0 amide bonds. The Labute approximate surface area is 195 Å². The summed E-state index contributed by atoms with van der Waals surface area (Å²) >= 11 is 1.48. The monoisotopic (exact) mass is 457 g/mol. The van der Waals surface area contributed by atoms with E-state index < -0.39 is 0 Å². The molecular formula is C24H35N5O2S. The number of ketones is 1. The molecule has 2 aromatic heterocycles. The Kier molecular flexibility index (Phi) is 7.73. The van der Waals surface area contributed by atoms with Crippen molar-refractivity contribution in [2.75, 3.05) is 37.0 Å². The molecule has 32 heavy (non-hydrogen) atoms. The van der Waals surface area contributed by atoms with E-state index in [4.69, 9.17) is 4.74 Å². The summed E-state index contributed by atoms with van der Waals surface area (Å²) in [7, 11) is 0. The van der Waals surface area contributed by atoms with Crippen LogP contribution in [0.5, 0.6) is 0 Å². The maximum absolute atomic E-state index is 13.1. The Bertz CT molecular complexity index is 971. The number of aromatic nitrogens is 4. The van der Waals surface area contributed by atoms with Crippen LogP contribution in [-0.2, 0) is 17.8 Å². The van der Waals surface area contributed by atoms with Crippen molar-refractivity contribution < 1.29 is 9.53 Å². The topological polar surface area (TPSA) is 65.2 Å². The third-order valence-electron chi connectivity index (χ3n) is 6.56. The van der Waals surface area contributed by atoms with Gasteiger partial charge in [0.1, 0.15) is 0 Å². The van der Waals surface area contributed by atoms with E-state index in [-0.39, 0.29) is 5.78 Å². The van der Waals surface area contributed by atoms with Crippen molar-refractivity contribution in [3.05, 3.63) is 34.7 Å². The first-order valence-corrected chi connectivity index (χ1v) is 12.8. The Balaban J connectivity index is 1.40. The molecule has 7 nitrogen and oxygen atoms in total. The molecule has 0 spiro atoms. The van der Waals surface area contributed by atoms with Crippen molar-refractivity contribution in [2.45, 2.75) is 71.1 Å². The molecular weight excluding hydrogens is 422 g/mol. The van der Waals surface area contributed by atoms with E-state index in [1.165, 1.54) is 43.1 Å². The molecule has 174 valence electrons. The van der Waals surface area contributed by atoms with Gasteiger partial charge in [0, 0.05) is 43.1 Å². The number of hydrogen-bond donors (Lipinski definition) is 0. The zero-order valence-electron chi connectivity index (χ0n) is 19.6. The molecule has 0 N–H and O–H groups in total. The highest BCUT2D eigenvalue weighted by atomic mass is 32.2. The molecule has 0 saturated carbocycles. The Hall–Kier alpha value is -2.06. The van der Waals surface area contributed by atoms with Crippen LogP contribution in [0.1, 0.15) is 60.8 Å². The normalized spacial score (nSPS) is 17.0. The van der Waals surface area contributed by atoms with Crippen LogP contribution in [0.25, 0.3) is 0 Å². The van der Waals surface area contributed by atoms with Crippen LogP contribution < -0.4 is 4.90 Å². The number of thioether (sulfide) groups is 1. The predicted octanol–water partition coefficient (Wildman–Crippen LogP) is 4.42. The highest BCUT2D eigenvalue weighted by Gasteiger charge is 2.22. The smallest absolute Gasteiger partial charge is 0.228 e. The van der Waals surface area contributed by atoms with Crippen molar-refractivity contribution in [3.8, 4) is 0 Å². The Morgan fingerprint density at radius 1 is 1.16 bits per heavy atom. The van der Waals surface area contributed by atoms with Gasteiger partial charge in [0.25, 0.3) is 0 Å². The van der Waals surface area contributed by atoms with E-state index in [1.807, 2.05) is 0 Å². The predicted molar refractivity (Wildman–Crippen MR) is 129 cm³/mol. The molecule has 0 unspecified atom stereocenters. The second-order valence-corrected chi connectivity index (χ2v) is 9.58. The molecule has 8 heteroatoms. The van der Waals surface area contributed by atoms with Gasteiger partial charge in [-0.2, -0.15) is 0 Å². The zero-order valence-corrected chi connectivity index (χ0v) is 20.4. The number of carbonyl (C=O) groups excluding carboxylic acids is 1. The lowest BCUT2D eigenvalue weighted by Crippen LogP contribution is -2.38. The number of ether oxygens (including phenoxy) is 1. The van der Waals surface area contributed by atoms with Gasteiger partial charge in [-0.25, -0.2) is 0 Å². The average molecular weight is 458 g/mol. The SMILES string of the molecule is CCn1c(SCC(=O)c2cc(C)n(CCC3=CCCCC3)c2C)nnc1N1CCOCC1. The fourth-order valence-electron chi connectivity index (χ4n) is 4.68. The third kappa shape index (κ3) is 5.12. The largest absolute Gasteiger partial charge is 0.378 e. The Morgan fingerprint density at radius 3 is 2.69 bits per heavy atom. The maximum Gasteiger partial charge on any atom is 0.228 e. The molecule has 1 aliphatic heterocycles. The molecule has 2 aliphatic rings. The molecule has 0 aromatic carbocycles. The molecule has 1 aliphatic carbocycles. The van der Waals surface area contributed by atoms with Crippen molar-refractivity contribution in [1.82, 2.24) is 19.3 Å². The molecule has 0 bridgehead atoms. The van der Waals surface area contributed by atoms with Gasteiger partial charge in [0.2, 0.25) is 5.95 Å². The van der Waals surface area contributed by atoms with E-state index >= 15 is 0 Å². The van der Waals surface area contributed by atoms with Gasteiger partial charge >= 0.3 is 0 Å². The summed E-state index contributed by atoms with van der Waals surface area (Å²) in [5, 5.41) is 9.60. The molecule has 2 aromatic rings. The summed E-state index contributed by atoms with van der Waals surface area (Å²) < 4.78 is 9.86. The van der Waals surface area contributed by atoms with Crippen LogP contribution in [0, 0.1) is 13.8 Å². The zero-order chi connectivity index (χ0) is 22.5. The number of morpholine rings is 1. The van der Waals surface area contributed by atoms with Gasteiger partial charge < -0.3 is 14.2 Å². The van der Waals surface area contributed by atoms with Gasteiger partial charge in [-0.1, -0.05) is 23.4 Å². The van der Waals surface area contributed by atoms with Crippen LogP contribution in [-0.4, -0.2) is 57.2 Å². The summed E-state index contributed by atoms with van der Waals surface area (Å²) in [5.74, 6) is 1.40. The average Bonchev–Trinajstić information content (AvgIpc) is 3.37. The minimum Gasteiger partial charge on any atom is -0.378 e. The van der Waals surface area contributed by atoms with Crippen LogP contribution >= 0.6 is 11.8 Å². The van der Waals surface area contributed by atoms with Crippen LogP contribution in [0.3, 0.4) is 0 Å². The lowest BCUT2D eigenvalue weighted by Gasteiger charge is -2.27. The van der Waals surface area contributed by atoms with Crippen LogP contribution in [0.2, 0.25) is 0 Å². The summed E-state index contributed by atoms with van der Waals surface area (Å²) in [6, 6.07) is 2.05. The van der Waals surface area contributed by atoms with Crippen molar-refractivity contribution in [1.29, 1.82) is 0 Å². The second kappa shape index (κ2) is 10.7. The number of carbonyl (C=O) groups is 1. The summed E-state index contributed by atoms with van der Waals surface area (Å²) in [4.78, 5) is 15.3. The first-order valence-electron chi connectivity index (χ1n) is 11.8. The third-order valence-corrected chi connectivity index (χ3v) is 7.52. The fourth-order valence-corrected chi connectivity index (χ4v) is 5.57. The number of Topliss-reactive ketones (excluding diaryl/α,β-unsaturated/α-hetero) is 1. The number of hydrogen-bond acceptors (Lipinski definition) is 6. The molecule has 0 atom stereocenters. The maximum atomic E-state index is 13.1. The number of anilines is 1. The van der Waals surface area contributed by atoms with Gasteiger partial charge in [0.15, 0.2) is 10.9 Å². The van der Waals surface area contributed by atoms with Crippen LogP contribution in [0.4, 0.5) is 5.95 Å². The molecule has 1 saturated heterocycles. The Morgan fingerprint density at radius 2 is 1.97 bits per heavy atom. The van der Waals surface area contributed by atoms with Gasteiger partial charge in [-0.3, -0.25) is 9.36 Å². The summed E-state index contributed by atoms with van der Waals surface area (Å²) in [5.41, 5.74) is 4.65. The van der Waals surface area contributed by atoms with Gasteiger partial charge in [-0.05, 0) is 58.9 Å². The van der Waals surface area contributed by atoms with E-state index in [9.17, 15) is 4.79 Å². The minimum atomic E-state index is 0.157. The molecule has 0 radical (unpaired) electrons. The second-order valence-electron chi connectivity index (χ2n) is 8.63. The number of allylic oxidation sites excluding steroid dienone is 2. The molecule has 1 fully saturated rings. The molecule has 3 heterocycles. The first kappa shape index (κ1) is 23.1. The highest BCUT2D eigenvalue weighted by Crippen LogP contribution is 2.26. The quantitative estimate of drug-likeness (QED) is 0.316. The molecule has 4 rings (SSSR count). The van der Waals surface area contributed by atoms with E-state index in [1.54, 1.807) is 5.57 Å². The minimum absolute atomic E-state index is 0.157. The van der Waals surface area contributed by atoms with E-state index in [0.717, 1.165) is 55.0 Å². The first-order chi connectivity index (χ1) is 15.6. The van der Waals surface area contributed by atoms with E-state index in [2.05, 4.69) is 57.1 Å². The summed E-state index contributed by atoms with van der Waals surface area (Å²) in [6.07, 6.45) is 8.58. The van der Waals surface area contributed by atoms with Crippen LogP contribution in [0.15, 0.2) is 22.9 Å². The van der Waals surface area contributed by atoms with Crippen molar-refractivity contribution >= 4 is 23.5 Å². The van der Waals surface area contributed by atoms with Crippen molar-refractivity contribution in [2.24, 2.45) is 0 Å².